The molecule has 0 fully saturated rings. The summed E-state index contributed by atoms with van der Waals surface area (Å²) in [7, 11) is 0. The number of hydrogen-bond donors (Lipinski definition) is 0. The van der Waals surface area contributed by atoms with Crippen molar-refractivity contribution in [3.05, 3.63) is 29.8 Å². The maximum absolute atomic E-state index is 10.4. The molecule has 2 nitrogen and oxygen atoms in total. The summed E-state index contributed by atoms with van der Waals surface area (Å²) in [5, 5.41) is 0. The van der Waals surface area contributed by atoms with Gasteiger partial charge in [0.25, 0.3) is 0 Å². The van der Waals surface area contributed by atoms with Gasteiger partial charge in [-0.2, -0.15) is 0 Å². The van der Waals surface area contributed by atoms with Crippen LogP contribution >= 0.6 is 0 Å². The van der Waals surface area contributed by atoms with Gasteiger partial charge in [-0.3, -0.25) is 4.21 Å². The summed E-state index contributed by atoms with van der Waals surface area (Å²) >= 11 is -2.09. The van der Waals surface area contributed by atoms with E-state index in [9.17, 15) is 8.76 Å². The van der Waals surface area contributed by atoms with E-state index < -0.39 is 11.1 Å². The molecule has 0 saturated carbocycles. The zero-order chi connectivity index (χ0) is 8.27. The molecule has 0 aliphatic heterocycles. The third-order valence-corrected chi connectivity index (χ3v) is 2.18. The Morgan fingerprint density at radius 1 is 1.33 bits per heavy atom. The van der Waals surface area contributed by atoms with Crippen LogP contribution in [0.3, 0.4) is 0 Å². The maximum atomic E-state index is 10.4. The molecule has 4 heteroatoms. The predicted molar refractivity (Wildman–Crippen MR) is 43.0 cm³/mol. The fourth-order valence-corrected chi connectivity index (χ4v) is 1.19. The number of aryl methyl sites for hydroxylation is 1. The Balaban J connectivity index is 0.00000121. The number of hydrogen-bond acceptors (Lipinski definition) is 2. The minimum atomic E-state index is -2.09. The second kappa shape index (κ2) is 5.55. The van der Waals surface area contributed by atoms with Gasteiger partial charge >= 0.3 is 18.9 Å². The van der Waals surface area contributed by atoms with Crippen LogP contribution in [-0.4, -0.2) is 8.76 Å². The van der Waals surface area contributed by atoms with E-state index in [1.54, 1.807) is 12.1 Å². The van der Waals surface area contributed by atoms with Crippen LogP contribution in [0, 0.1) is 0 Å². The normalized spacial score (nSPS) is 11.8. The van der Waals surface area contributed by atoms with Crippen molar-refractivity contribution >= 4 is 11.1 Å². The first-order valence-corrected chi connectivity index (χ1v) is 4.49. The molecule has 0 heterocycles. The van der Waals surface area contributed by atoms with Crippen molar-refractivity contribution in [1.82, 2.24) is 0 Å². The smallest absolute Gasteiger partial charge is 0.768 e. The molecule has 0 saturated heterocycles. The van der Waals surface area contributed by atoms with Crippen LogP contribution in [0.25, 0.3) is 0 Å². The second-order valence-electron chi connectivity index (χ2n) is 2.23. The molecule has 0 amide bonds. The summed E-state index contributed by atoms with van der Waals surface area (Å²) < 4.78 is 20.8. The minimum Gasteiger partial charge on any atom is -0.768 e. The topological polar surface area (TPSA) is 40.1 Å². The molecule has 0 spiro atoms. The Hall–Kier alpha value is -0.0726. The van der Waals surface area contributed by atoms with Crippen molar-refractivity contribution in [2.45, 2.75) is 18.2 Å². The summed E-state index contributed by atoms with van der Waals surface area (Å²) in [6, 6.07) is 6.88. The van der Waals surface area contributed by atoms with Crippen LogP contribution in [-0.2, 0) is 17.5 Å². The van der Waals surface area contributed by atoms with Crippen molar-refractivity contribution in [2.75, 3.05) is 0 Å². The Morgan fingerprint density at radius 3 is 2.17 bits per heavy atom. The second-order valence-corrected chi connectivity index (χ2v) is 3.17. The third-order valence-electron chi connectivity index (χ3n) is 1.52. The first-order chi connectivity index (χ1) is 5.24. The molecule has 1 rings (SSSR count). The SMILES string of the molecule is CCc1ccc(S(=O)[O-])cc1.[Li+]. The third kappa shape index (κ3) is 3.12. The van der Waals surface area contributed by atoms with E-state index in [1.165, 1.54) is 0 Å². The largest absolute Gasteiger partial charge is 1.00 e. The molecular weight excluding hydrogens is 167 g/mol. The first kappa shape index (κ1) is 11.9. The zero-order valence-corrected chi connectivity index (χ0v) is 8.06. The molecule has 0 N–H and O–H groups in total. The molecule has 0 bridgehead atoms. The molecule has 1 unspecified atom stereocenters. The minimum absolute atomic E-state index is 0. The summed E-state index contributed by atoms with van der Waals surface area (Å²) in [6.07, 6.45) is 0.936. The average Bonchev–Trinajstić information content (AvgIpc) is 2.05. The summed E-state index contributed by atoms with van der Waals surface area (Å²) in [5.74, 6) is 0. The fourth-order valence-electron chi connectivity index (χ4n) is 0.836. The van der Waals surface area contributed by atoms with Crippen molar-refractivity contribution in [2.24, 2.45) is 0 Å². The molecule has 0 radical (unpaired) electrons. The molecule has 0 aliphatic rings. The van der Waals surface area contributed by atoms with Gasteiger partial charge in [-0.25, -0.2) is 0 Å². The van der Waals surface area contributed by atoms with Gasteiger partial charge < -0.3 is 4.55 Å². The monoisotopic (exact) mass is 176 g/mol. The molecule has 1 atom stereocenters. The van der Waals surface area contributed by atoms with Crippen LogP contribution < -0.4 is 18.9 Å². The predicted octanol–water partition coefficient (Wildman–Crippen LogP) is -1.51. The van der Waals surface area contributed by atoms with Crippen molar-refractivity contribution in [1.29, 1.82) is 0 Å². The Morgan fingerprint density at radius 2 is 1.83 bits per heavy atom. The zero-order valence-electron chi connectivity index (χ0n) is 7.24. The molecular formula is C8H9LiO2S. The summed E-state index contributed by atoms with van der Waals surface area (Å²) in [4.78, 5) is 0.349. The Kier molecular flexibility index (Phi) is 5.52. The van der Waals surface area contributed by atoms with Gasteiger partial charge in [-0.15, -0.1) is 0 Å². The summed E-state index contributed by atoms with van der Waals surface area (Å²) in [5.41, 5.74) is 1.15. The molecule has 0 aromatic heterocycles. The fraction of sp³-hybridized carbons (Fsp3) is 0.250. The van der Waals surface area contributed by atoms with Gasteiger partial charge in [0.05, 0.1) is 0 Å². The van der Waals surface area contributed by atoms with Gasteiger partial charge in [-0.05, 0) is 35.2 Å². The molecule has 12 heavy (non-hydrogen) atoms. The number of benzene rings is 1. The average molecular weight is 176 g/mol. The van der Waals surface area contributed by atoms with E-state index >= 15 is 0 Å². The maximum Gasteiger partial charge on any atom is 1.00 e. The van der Waals surface area contributed by atoms with Crippen LogP contribution in [0.1, 0.15) is 12.5 Å². The van der Waals surface area contributed by atoms with E-state index in [1.807, 2.05) is 19.1 Å². The van der Waals surface area contributed by atoms with E-state index in [4.69, 9.17) is 0 Å². The number of rotatable bonds is 2. The quantitative estimate of drug-likeness (QED) is 0.406. The van der Waals surface area contributed by atoms with Gasteiger partial charge in [-0.1, -0.05) is 19.1 Å². The summed E-state index contributed by atoms with van der Waals surface area (Å²) in [6.45, 7) is 2.03. The van der Waals surface area contributed by atoms with Crippen molar-refractivity contribution in [3.8, 4) is 0 Å². The van der Waals surface area contributed by atoms with Gasteiger partial charge in [0, 0.05) is 4.90 Å². The molecule has 1 aromatic rings. The van der Waals surface area contributed by atoms with Gasteiger partial charge in [0.2, 0.25) is 0 Å². The standard InChI is InChI=1S/C8H10O2S.Li/c1-2-7-3-5-8(6-4-7)11(9)10;/h3-6H,2H2,1H3,(H,9,10);/q;+1/p-1. The van der Waals surface area contributed by atoms with Crippen LogP contribution in [0.2, 0.25) is 0 Å². The van der Waals surface area contributed by atoms with Crippen molar-refractivity contribution < 1.29 is 27.6 Å². The van der Waals surface area contributed by atoms with Crippen LogP contribution in [0.4, 0.5) is 0 Å². The van der Waals surface area contributed by atoms with Crippen LogP contribution in [0.15, 0.2) is 29.2 Å². The van der Waals surface area contributed by atoms with E-state index in [2.05, 4.69) is 0 Å². The first-order valence-electron chi connectivity index (χ1n) is 3.42. The van der Waals surface area contributed by atoms with Crippen LogP contribution in [0.5, 0.6) is 0 Å². The molecule has 0 aliphatic carbocycles. The van der Waals surface area contributed by atoms with E-state index in [0.29, 0.717) is 4.90 Å². The Bertz CT molecular complexity index is 258. The van der Waals surface area contributed by atoms with E-state index in [0.717, 1.165) is 12.0 Å². The Labute approximate surface area is 86.8 Å². The molecule has 1 aromatic carbocycles. The van der Waals surface area contributed by atoms with E-state index in [-0.39, 0.29) is 18.9 Å². The van der Waals surface area contributed by atoms with Gasteiger partial charge in [0.1, 0.15) is 0 Å². The van der Waals surface area contributed by atoms with Gasteiger partial charge in [0.15, 0.2) is 0 Å². The molecule has 60 valence electrons. The van der Waals surface area contributed by atoms with Crippen molar-refractivity contribution in [3.63, 3.8) is 0 Å².